The van der Waals surface area contributed by atoms with E-state index in [1.165, 1.54) is 27.8 Å². The highest BCUT2D eigenvalue weighted by Crippen LogP contribution is 2.54. The molecule has 4 aromatic rings. The normalized spacial score (nSPS) is 17.3. The average Bonchev–Trinajstić information content (AvgIpc) is 3.15. The molecule has 5 rings (SSSR count). The summed E-state index contributed by atoms with van der Waals surface area (Å²) < 4.78 is 1.05. The molecule has 0 radical (unpaired) electrons. The van der Waals surface area contributed by atoms with Crippen LogP contribution >= 0.6 is 15.9 Å². The maximum absolute atomic E-state index is 11.0. The van der Waals surface area contributed by atoms with Crippen molar-refractivity contribution >= 4 is 21.5 Å². The Balaban J connectivity index is 1.94. The van der Waals surface area contributed by atoms with E-state index in [1.807, 2.05) is 19.9 Å². The van der Waals surface area contributed by atoms with E-state index in [-0.39, 0.29) is 0 Å². The minimum absolute atomic E-state index is 0.374. The number of rotatable bonds is 3. The van der Waals surface area contributed by atoms with Crippen LogP contribution in [0.4, 0.5) is 0 Å². The van der Waals surface area contributed by atoms with Gasteiger partial charge in [0.05, 0.1) is 5.41 Å². The molecular formula is C29H23BrO. The summed E-state index contributed by atoms with van der Waals surface area (Å²) in [6.45, 7) is 4.02. The molecule has 1 unspecified atom stereocenters. The van der Waals surface area contributed by atoms with E-state index in [1.54, 1.807) is 0 Å². The van der Waals surface area contributed by atoms with Crippen molar-refractivity contribution in [3.63, 3.8) is 0 Å². The summed E-state index contributed by atoms with van der Waals surface area (Å²) in [5.74, 6) is 0.374. The molecule has 4 aromatic carbocycles. The number of hydrogen-bond donors (Lipinski definition) is 1. The number of halogens is 1. The molecular weight excluding hydrogens is 444 g/mol. The first-order valence-electron chi connectivity index (χ1n) is 10.5. The van der Waals surface area contributed by atoms with Crippen LogP contribution in [0.1, 0.15) is 38.9 Å². The fourth-order valence-corrected chi connectivity index (χ4v) is 5.22. The third-order valence-corrected chi connectivity index (χ3v) is 6.92. The second-order valence-electron chi connectivity index (χ2n) is 8.19. The van der Waals surface area contributed by atoms with Gasteiger partial charge in [0.25, 0.3) is 0 Å². The standard InChI is InChI=1S/C29H23BrO/c1-19-17-25-26(21-9-5-3-6-10-21)18-29(22-11-7-4-8-12-22,27(25)20(2)28(19)31)23-13-15-24(30)16-14-23/h3-18,31H,1-2H3. The molecule has 152 valence electrons. The van der Waals surface area contributed by atoms with Crippen LogP contribution in [-0.4, -0.2) is 5.11 Å². The maximum Gasteiger partial charge on any atom is 0.121 e. The van der Waals surface area contributed by atoms with E-state index in [0.717, 1.165) is 21.2 Å². The molecule has 0 heterocycles. The Morgan fingerprint density at radius 2 is 1.32 bits per heavy atom. The number of phenolic OH excluding ortho intramolecular Hbond substituents is 1. The molecule has 0 aliphatic heterocycles. The highest BCUT2D eigenvalue weighted by Gasteiger charge is 2.43. The Labute approximate surface area is 191 Å². The van der Waals surface area contributed by atoms with E-state index in [2.05, 4.69) is 107 Å². The van der Waals surface area contributed by atoms with Gasteiger partial charge in [0.1, 0.15) is 5.75 Å². The molecule has 1 aliphatic carbocycles. The number of aryl methyl sites for hydroxylation is 1. The molecule has 0 aromatic heterocycles. The largest absolute Gasteiger partial charge is 0.507 e. The summed E-state index contributed by atoms with van der Waals surface area (Å²) in [5.41, 5.74) is 8.45. The monoisotopic (exact) mass is 466 g/mol. The molecule has 1 aliphatic rings. The summed E-state index contributed by atoms with van der Waals surface area (Å²) >= 11 is 3.59. The Kier molecular flexibility index (Phi) is 4.83. The number of benzene rings is 4. The minimum atomic E-state index is -0.488. The summed E-state index contributed by atoms with van der Waals surface area (Å²) in [6, 6.07) is 31.8. The van der Waals surface area contributed by atoms with Crippen LogP contribution in [0.5, 0.6) is 5.75 Å². The Morgan fingerprint density at radius 3 is 1.97 bits per heavy atom. The smallest absolute Gasteiger partial charge is 0.121 e. The van der Waals surface area contributed by atoms with E-state index in [9.17, 15) is 5.11 Å². The fraction of sp³-hybridized carbons (Fsp3) is 0.103. The third-order valence-electron chi connectivity index (χ3n) is 6.39. The van der Waals surface area contributed by atoms with Crippen molar-refractivity contribution in [2.24, 2.45) is 0 Å². The lowest BCUT2D eigenvalue weighted by molar-refractivity contribution is 0.465. The van der Waals surface area contributed by atoms with Crippen molar-refractivity contribution in [2.75, 3.05) is 0 Å². The van der Waals surface area contributed by atoms with E-state index >= 15 is 0 Å². The predicted molar refractivity (Wildman–Crippen MR) is 132 cm³/mol. The average molecular weight is 467 g/mol. The zero-order chi connectivity index (χ0) is 21.6. The van der Waals surface area contributed by atoms with Gasteiger partial charge < -0.3 is 5.11 Å². The molecule has 31 heavy (non-hydrogen) atoms. The number of allylic oxidation sites excluding steroid dienone is 1. The first-order valence-corrected chi connectivity index (χ1v) is 11.3. The molecule has 1 atom stereocenters. The van der Waals surface area contributed by atoms with Gasteiger partial charge in [-0.3, -0.25) is 0 Å². The van der Waals surface area contributed by atoms with E-state index < -0.39 is 5.41 Å². The van der Waals surface area contributed by atoms with E-state index in [0.29, 0.717) is 5.75 Å². The summed E-state index contributed by atoms with van der Waals surface area (Å²) in [5, 5.41) is 11.0. The first-order chi connectivity index (χ1) is 15.0. The van der Waals surface area contributed by atoms with Crippen LogP contribution in [0.3, 0.4) is 0 Å². The number of hydrogen-bond acceptors (Lipinski definition) is 1. The van der Waals surface area contributed by atoms with Crippen LogP contribution < -0.4 is 0 Å². The van der Waals surface area contributed by atoms with Gasteiger partial charge in [-0.05, 0) is 76.6 Å². The van der Waals surface area contributed by atoms with Crippen LogP contribution in [-0.2, 0) is 5.41 Å². The van der Waals surface area contributed by atoms with E-state index in [4.69, 9.17) is 0 Å². The zero-order valence-electron chi connectivity index (χ0n) is 17.6. The fourth-order valence-electron chi connectivity index (χ4n) is 4.95. The van der Waals surface area contributed by atoms with Crippen molar-refractivity contribution in [1.29, 1.82) is 0 Å². The quantitative estimate of drug-likeness (QED) is 0.330. The minimum Gasteiger partial charge on any atom is -0.507 e. The molecule has 0 amide bonds. The maximum atomic E-state index is 11.0. The van der Waals surface area contributed by atoms with Gasteiger partial charge in [0.2, 0.25) is 0 Å². The van der Waals surface area contributed by atoms with Crippen molar-refractivity contribution < 1.29 is 5.11 Å². The predicted octanol–water partition coefficient (Wildman–Crippen LogP) is 7.55. The van der Waals surface area contributed by atoms with Crippen molar-refractivity contribution in [2.45, 2.75) is 19.3 Å². The lowest BCUT2D eigenvalue weighted by atomic mass is 9.69. The highest BCUT2D eigenvalue weighted by atomic mass is 79.9. The number of aromatic hydroxyl groups is 1. The Hall–Kier alpha value is -3.10. The summed E-state index contributed by atoms with van der Waals surface area (Å²) in [7, 11) is 0. The molecule has 1 N–H and O–H groups in total. The van der Waals surface area contributed by atoms with Gasteiger partial charge in [-0.25, -0.2) is 0 Å². The van der Waals surface area contributed by atoms with Gasteiger partial charge in [-0.1, -0.05) is 94.8 Å². The second kappa shape index (κ2) is 7.55. The molecule has 0 bridgehead atoms. The van der Waals surface area contributed by atoms with Crippen molar-refractivity contribution in [3.05, 3.63) is 140 Å². The van der Waals surface area contributed by atoms with Crippen LogP contribution in [0, 0.1) is 13.8 Å². The van der Waals surface area contributed by atoms with Crippen LogP contribution in [0.2, 0.25) is 0 Å². The molecule has 2 heteroatoms. The van der Waals surface area contributed by atoms with Gasteiger partial charge in [0.15, 0.2) is 0 Å². The topological polar surface area (TPSA) is 20.2 Å². The molecule has 0 fully saturated rings. The summed E-state index contributed by atoms with van der Waals surface area (Å²) in [4.78, 5) is 0. The van der Waals surface area contributed by atoms with Gasteiger partial charge in [-0.2, -0.15) is 0 Å². The number of phenols is 1. The molecule has 1 nitrogen and oxygen atoms in total. The second-order valence-corrected chi connectivity index (χ2v) is 9.11. The van der Waals surface area contributed by atoms with Gasteiger partial charge >= 0.3 is 0 Å². The lowest BCUT2D eigenvalue weighted by Crippen LogP contribution is -2.26. The first kappa shape index (κ1) is 19.8. The molecule has 0 spiro atoms. The lowest BCUT2D eigenvalue weighted by Gasteiger charge is -2.32. The third kappa shape index (κ3) is 3.05. The Morgan fingerprint density at radius 1 is 0.742 bits per heavy atom. The SMILES string of the molecule is Cc1cc2c(c(C)c1O)C(c1ccccc1)(c1ccc(Br)cc1)C=C2c1ccccc1. The number of fused-ring (bicyclic) bond motifs is 1. The summed E-state index contributed by atoms with van der Waals surface area (Å²) in [6.07, 6.45) is 2.39. The van der Waals surface area contributed by atoms with Crippen LogP contribution in [0.25, 0.3) is 5.57 Å². The Bertz CT molecular complexity index is 1290. The zero-order valence-corrected chi connectivity index (χ0v) is 19.1. The van der Waals surface area contributed by atoms with Gasteiger partial charge in [-0.15, -0.1) is 0 Å². The molecule has 0 saturated heterocycles. The van der Waals surface area contributed by atoms with Gasteiger partial charge in [0, 0.05) is 4.47 Å². The van der Waals surface area contributed by atoms with Crippen molar-refractivity contribution in [3.8, 4) is 5.75 Å². The van der Waals surface area contributed by atoms with Crippen LogP contribution in [0.15, 0.2) is 102 Å². The van der Waals surface area contributed by atoms with Crippen molar-refractivity contribution in [1.82, 2.24) is 0 Å². The molecule has 0 saturated carbocycles. The highest BCUT2D eigenvalue weighted by molar-refractivity contribution is 9.10.